The number of benzene rings is 4. The summed E-state index contributed by atoms with van der Waals surface area (Å²) < 4.78 is 0. The van der Waals surface area contributed by atoms with Gasteiger partial charge < -0.3 is 78.5 Å². The van der Waals surface area contributed by atoms with Crippen LogP contribution in [0.5, 0.6) is 0 Å². The number of carboxylic acid groups (broad SMARTS) is 2. The first-order valence-corrected chi connectivity index (χ1v) is 27.3. The Morgan fingerprint density at radius 3 is 0.788 bits per heavy atom. The Morgan fingerprint density at radius 1 is 0.329 bits per heavy atom. The number of carbonyl (C=O) groups excluding carboxylic acids is 9. The van der Waals surface area contributed by atoms with Gasteiger partial charge in [0.2, 0.25) is 53.2 Å². The van der Waals surface area contributed by atoms with E-state index in [9.17, 15) is 78.3 Å². The summed E-state index contributed by atoms with van der Waals surface area (Å²) in [7, 11) is 0. The third-order valence-electron chi connectivity index (χ3n) is 13.2. The highest BCUT2D eigenvalue weighted by molar-refractivity contribution is 5.99. The maximum atomic E-state index is 14.7. The summed E-state index contributed by atoms with van der Waals surface area (Å²) in [5, 5.41) is 82.9. The van der Waals surface area contributed by atoms with Crippen LogP contribution in [0.3, 0.4) is 0 Å². The Kier molecular flexibility index (Phi) is 27.2. The lowest BCUT2D eigenvalue weighted by Crippen LogP contribution is -2.65. The summed E-state index contributed by atoms with van der Waals surface area (Å²) in [6, 6.07) is 19.3. The van der Waals surface area contributed by atoms with Crippen molar-refractivity contribution in [2.24, 2.45) is 0 Å². The van der Waals surface area contributed by atoms with Crippen LogP contribution in [0.15, 0.2) is 121 Å². The van der Waals surface area contributed by atoms with Crippen molar-refractivity contribution >= 4 is 65.1 Å². The zero-order valence-electron chi connectivity index (χ0n) is 47.5. The summed E-state index contributed by atoms with van der Waals surface area (Å²) in [6.45, 7) is 5.49. The number of amides is 9. The highest BCUT2D eigenvalue weighted by Crippen LogP contribution is 2.13. The standard InChI is InChI=1S/C59H75N9O17/c1-32(69)47(55(80)61-41(59(84)85)26-27-46(74)75)66-57(82)49(34(3)71)68-58(83)50(35(4)72)67-56(81)48(33(2)70)65-54(79)45(31-40-24-16-9-17-25-40)64-53(78)44(30-39-22-14-8-15-23-39)63-52(77)43(29-38-20-12-7-13-21-38)62-51(76)42(60-36(5)73)28-37-18-10-6-11-19-37/h6-25,32-35,41-45,47-50,69-72H,26-31H2,1-5H3,(H,60,73)(H,61,80)(H,62,76)(H,63,77)(H,64,78)(H,65,79)(H,66,82)(H,67,81)(H,68,83)(H,74,75)(H,84,85)/t32-,33-,34-,35-,41+,42+,43+,44+,45+,47+,48+,49+,50+/m1/s1. The molecule has 458 valence electrons. The number of nitrogens with one attached hydrogen (secondary N) is 9. The van der Waals surface area contributed by atoms with E-state index < -0.39 is 157 Å². The molecule has 26 nitrogen and oxygen atoms in total. The topological polar surface area (TPSA) is 417 Å². The average molecular weight is 1180 g/mol. The molecule has 26 heteroatoms. The van der Waals surface area contributed by atoms with Crippen LogP contribution in [0.25, 0.3) is 0 Å². The molecule has 0 aromatic heterocycles. The molecule has 0 bridgehead atoms. The molecule has 0 heterocycles. The van der Waals surface area contributed by atoms with Crippen molar-refractivity contribution in [3.8, 4) is 0 Å². The van der Waals surface area contributed by atoms with Gasteiger partial charge in [-0.2, -0.15) is 0 Å². The molecule has 0 saturated heterocycles. The van der Waals surface area contributed by atoms with Crippen LogP contribution < -0.4 is 47.9 Å². The molecule has 0 saturated carbocycles. The van der Waals surface area contributed by atoms with Gasteiger partial charge in [0.05, 0.1) is 24.4 Å². The molecule has 0 fully saturated rings. The van der Waals surface area contributed by atoms with Gasteiger partial charge in [-0.1, -0.05) is 121 Å². The molecule has 9 amide bonds. The molecule has 4 rings (SSSR count). The van der Waals surface area contributed by atoms with Crippen LogP contribution in [0.2, 0.25) is 0 Å². The number of aliphatic carboxylic acids is 2. The lowest BCUT2D eigenvalue weighted by atomic mass is 10.00. The molecular formula is C59H75N9O17. The van der Waals surface area contributed by atoms with Crippen molar-refractivity contribution in [2.75, 3.05) is 0 Å². The minimum atomic E-state index is -2.00. The number of rotatable bonds is 33. The molecule has 0 spiro atoms. The van der Waals surface area contributed by atoms with Crippen LogP contribution in [-0.2, 0) is 78.4 Å². The van der Waals surface area contributed by atoms with Gasteiger partial charge in [-0.3, -0.25) is 47.9 Å². The quantitative estimate of drug-likeness (QED) is 0.0241. The van der Waals surface area contributed by atoms with E-state index in [4.69, 9.17) is 5.11 Å². The highest BCUT2D eigenvalue weighted by atomic mass is 16.4. The van der Waals surface area contributed by atoms with E-state index in [0.717, 1.165) is 33.3 Å². The van der Waals surface area contributed by atoms with Crippen LogP contribution in [0.1, 0.15) is 69.7 Å². The zero-order chi connectivity index (χ0) is 62.9. The van der Waals surface area contributed by atoms with Crippen molar-refractivity contribution in [2.45, 2.75) is 152 Å². The Bertz CT molecular complexity index is 2900. The van der Waals surface area contributed by atoms with E-state index in [1.807, 2.05) is 5.32 Å². The summed E-state index contributed by atoms with van der Waals surface area (Å²) in [5.41, 5.74) is 2.43. The maximum absolute atomic E-state index is 14.7. The molecule has 4 aromatic rings. The summed E-state index contributed by atoms with van der Waals surface area (Å²) in [6.07, 6.45) is -8.67. The van der Waals surface area contributed by atoms with E-state index in [2.05, 4.69) is 42.5 Å². The summed E-state index contributed by atoms with van der Waals surface area (Å²) in [5.74, 6) is -12.2. The predicted octanol–water partition coefficient (Wildman–Crippen LogP) is -2.19. The second-order valence-corrected chi connectivity index (χ2v) is 20.4. The molecule has 13 atom stereocenters. The first-order valence-electron chi connectivity index (χ1n) is 27.3. The molecule has 0 aliphatic heterocycles. The van der Waals surface area contributed by atoms with Crippen molar-refractivity contribution in [3.63, 3.8) is 0 Å². The van der Waals surface area contributed by atoms with Crippen molar-refractivity contribution in [1.82, 2.24) is 47.9 Å². The molecule has 4 aromatic carbocycles. The first-order chi connectivity index (χ1) is 40.2. The predicted molar refractivity (Wildman–Crippen MR) is 305 cm³/mol. The SMILES string of the molecule is CC(=O)N[C@@H](Cc1ccccc1)C(=O)N[C@@H](Cc1ccccc1)C(=O)N[C@@H](Cc1ccccc1)C(=O)N[C@@H](Cc1ccccc1)C(=O)N[C@H](C(=O)N[C@H](C(=O)N[C@H](C(=O)N[C@H](C(=O)N[C@@H](CCC(=O)O)C(=O)O)[C@@H](C)O)[C@@H](C)O)[C@@H](C)O)[C@@H](C)O. The van der Waals surface area contributed by atoms with Crippen molar-refractivity contribution in [1.29, 1.82) is 0 Å². The second-order valence-electron chi connectivity index (χ2n) is 20.4. The number of hydrogen-bond donors (Lipinski definition) is 15. The minimum absolute atomic E-state index is 0.0611. The van der Waals surface area contributed by atoms with Crippen LogP contribution in [0.4, 0.5) is 0 Å². The van der Waals surface area contributed by atoms with E-state index >= 15 is 0 Å². The summed E-state index contributed by atoms with van der Waals surface area (Å²) in [4.78, 5) is 147. The fraction of sp³-hybridized carbons (Fsp3) is 0.407. The number of carbonyl (C=O) groups is 11. The molecular weight excluding hydrogens is 1110 g/mol. The van der Waals surface area contributed by atoms with E-state index in [1.54, 1.807) is 121 Å². The Hall–Kier alpha value is -9.11. The van der Waals surface area contributed by atoms with Crippen LogP contribution in [-0.4, -0.2) is 175 Å². The van der Waals surface area contributed by atoms with Gasteiger partial charge in [0.15, 0.2) is 0 Å². The fourth-order valence-corrected chi connectivity index (χ4v) is 8.69. The first kappa shape index (κ1) is 68.4. The largest absolute Gasteiger partial charge is 0.481 e. The summed E-state index contributed by atoms with van der Waals surface area (Å²) >= 11 is 0. The molecule has 0 aliphatic rings. The molecule has 15 N–H and O–H groups in total. The monoisotopic (exact) mass is 1180 g/mol. The Labute approximate surface area is 490 Å². The third kappa shape index (κ3) is 22.9. The van der Waals surface area contributed by atoms with Crippen molar-refractivity contribution in [3.05, 3.63) is 144 Å². The fourth-order valence-electron chi connectivity index (χ4n) is 8.69. The van der Waals surface area contributed by atoms with Gasteiger partial charge in [-0.15, -0.1) is 0 Å². The van der Waals surface area contributed by atoms with Gasteiger partial charge in [0, 0.05) is 39.0 Å². The highest BCUT2D eigenvalue weighted by Gasteiger charge is 2.39. The van der Waals surface area contributed by atoms with Gasteiger partial charge in [-0.05, 0) is 56.4 Å². The number of carboxylic acids is 2. The number of aliphatic hydroxyl groups excluding tert-OH is 4. The van der Waals surface area contributed by atoms with E-state index in [0.29, 0.717) is 16.7 Å². The third-order valence-corrected chi connectivity index (χ3v) is 13.2. The van der Waals surface area contributed by atoms with Gasteiger partial charge in [0.25, 0.3) is 0 Å². The molecule has 0 radical (unpaired) electrons. The van der Waals surface area contributed by atoms with Gasteiger partial charge in [0.1, 0.15) is 54.4 Å². The Morgan fingerprint density at radius 2 is 0.553 bits per heavy atom. The average Bonchev–Trinajstić information content (AvgIpc) is 3.65. The zero-order valence-corrected chi connectivity index (χ0v) is 47.5. The van der Waals surface area contributed by atoms with Crippen LogP contribution in [0, 0.1) is 0 Å². The van der Waals surface area contributed by atoms with Crippen LogP contribution >= 0.6 is 0 Å². The lowest BCUT2D eigenvalue weighted by molar-refractivity contribution is -0.144. The lowest BCUT2D eigenvalue weighted by Gasteiger charge is -2.30. The van der Waals surface area contributed by atoms with Crippen molar-refractivity contribution < 1.29 is 83.4 Å². The molecule has 85 heavy (non-hydrogen) atoms. The van der Waals surface area contributed by atoms with Gasteiger partial charge >= 0.3 is 11.9 Å². The molecule has 0 unspecified atom stereocenters. The molecule has 0 aliphatic carbocycles. The smallest absolute Gasteiger partial charge is 0.326 e. The van der Waals surface area contributed by atoms with Gasteiger partial charge in [-0.25, -0.2) is 4.79 Å². The minimum Gasteiger partial charge on any atom is -0.481 e. The van der Waals surface area contributed by atoms with E-state index in [1.165, 1.54) is 6.92 Å². The normalized spacial score (nSPS) is 15.6. The number of hydrogen-bond acceptors (Lipinski definition) is 15. The maximum Gasteiger partial charge on any atom is 0.326 e. The van der Waals surface area contributed by atoms with E-state index in [-0.39, 0.29) is 25.7 Å². The second kappa shape index (κ2) is 33.9. The number of aliphatic hydroxyl groups is 4. The Balaban J connectivity index is 1.60.